The van der Waals surface area contributed by atoms with E-state index in [1.54, 1.807) is 0 Å². The molecule has 0 fully saturated rings. The molecule has 0 saturated heterocycles. The normalized spacial score (nSPS) is 10.4. The van der Waals surface area contributed by atoms with Crippen LogP contribution < -0.4 is 10.9 Å². The molecule has 110 valence electrons. The minimum Gasteiger partial charge on any atom is -0.352 e. The first-order valence-corrected chi connectivity index (χ1v) is 6.97. The molecular formula is C17H20N2O2. The molecule has 4 heteroatoms. The highest BCUT2D eigenvalue weighted by molar-refractivity contribution is 5.78. The molecule has 1 aromatic carbocycles. The maximum atomic E-state index is 11.9. The third-order valence-electron chi connectivity index (χ3n) is 3.44. The molecule has 0 aliphatic rings. The molecule has 0 radical (unpaired) electrons. The number of aromatic nitrogens is 1. The van der Waals surface area contributed by atoms with Crippen molar-refractivity contribution >= 4 is 5.91 Å². The Hall–Kier alpha value is -2.36. The Bertz CT molecular complexity index is 700. The van der Waals surface area contributed by atoms with Gasteiger partial charge in [0.1, 0.15) is 0 Å². The van der Waals surface area contributed by atoms with Crippen molar-refractivity contribution in [2.24, 2.45) is 0 Å². The van der Waals surface area contributed by atoms with Crippen LogP contribution in [0.4, 0.5) is 0 Å². The van der Waals surface area contributed by atoms with E-state index in [-0.39, 0.29) is 18.0 Å². The average molecular weight is 284 g/mol. The van der Waals surface area contributed by atoms with E-state index in [1.165, 1.54) is 5.56 Å². The summed E-state index contributed by atoms with van der Waals surface area (Å²) in [4.78, 5) is 26.6. The van der Waals surface area contributed by atoms with Gasteiger partial charge in [-0.1, -0.05) is 29.8 Å². The number of rotatable bonds is 4. The Balaban J connectivity index is 1.98. The van der Waals surface area contributed by atoms with Gasteiger partial charge in [-0.05, 0) is 38.0 Å². The van der Waals surface area contributed by atoms with Crippen molar-refractivity contribution < 1.29 is 4.79 Å². The number of nitrogens with one attached hydrogen (secondary N) is 2. The van der Waals surface area contributed by atoms with E-state index >= 15 is 0 Å². The minimum absolute atomic E-state index is 0.0850. The van der Waals surface area contributed by atoms with Crippen molar-refractivity contribution in [1.29, 1.82) is 0 Å². The number of hydrogen-bond donors (Lipinski definition) is 2. The summed E-state index contributed by atoms with van der Waals surface area (Å²) in [5.74, 6) is -0.0850. The molecule has 0 bridgehead atoms. The average Bonchev–Trinajstić information content (AvgIpc) is 2.40. The lowest BCUT2D eigenvalue weighted by Crippen LogP contribution is -2.29. The highest BCUT2D eigenvalue weighted by Gasteiger charge is 2.08. The van der Waals surface area contributed by atoms with Gasteiger partial charge in [0.25, 0.3) is 5.56 Å². The molecule has 2 N–H and O–H groups in total. The van der Waals surface area contributed by atoms with Crippen LogP contribution in [0.1, 0.15) is 27.9 Å². The first kappa shape index (κ1) is 15.0. The number of H-pyrrole nitrogens is 1. The van der Waals surface area contributed by atoms with Gasteiger partial charge in [-0.15, -0.1) is 0 Å². The van der Waals surface area contributed by atoms with Crippen LogP contribution >= 0.6 is 0 Å². The van der Waals surface area contributed by atoms with E-state index in [0.717, 1.165) is 16.8 Å². The molecule has 1 heterocycles. The summed E-state index contributed by atoms with van der Waals surface area (Å²) < 4.78 is 0. The van der Waals surface area contributed by atoms with Crippen molar-refractivity contribution in [3.8, 4) is 0 Å². The third kappa shape index (κ3) is 4.05. The number of pyridine rings is 1. The molecule has 2 aromatic rings. The van der Waals surface area contributed by atoms with Crippen LogP contribution in [-0.4, -0.2) is 10.9 Å². The summed E-state index contributed by atoms with van der Waals surface area (Å²) >= 11 is 0. The maximum absolute atomic E-state index is 11.9. The van der Waals surface area contributed by atoms with Crippen molar-refractivity contribution in [3.63, 3.8) is 0 Å². The molecule has 0 aliphatic heterocycles. The predicted molar refractivity (Wildman–Crippen MR) is 83.3 cm³/mol. The lowest BCUT2D eigenvalue weighted by molar-refractivity contribution is -0.120. The fourth-order valence-electron chi connectivity index (χ4n) is 2.24. The summed E-state index contributed by atoms with van der Waals surface area (Å²) in [5, 5.41) is 2.80. The van der Waals surface area contributed by atoms with Crippen LogP contribution in [0.15, 0.2) is 35.1 Å². The van der Waals surface area contributed by atoms with E-state index in [0.29, 0.717) is 12.0 Å². The molecular weight excluding hydrogens is 264 g/mol. The summed E-state index contributed by atoms with van der Waals surface area (Å²) in [6.07, 6.45) is 0.323. The van der Waals surface area contributed by atoms with E-state index in [9.17, 15) is 9.59 Å². The van der Waals surface area contributed by atoms with E-state index in [2.05, 4.69) is 10.3 Å². The highest BCUT2D eigenvalue weighted by Crippen LogP contribution is 2.05. The number of aromatic amines is 1. The Morgan fingerprint density at radius 1 is 1.14 bits per heavy atom. The van der Waals surface area contributed by atoms with Crippen molar-refractivity contribution in [3.05, 3.63) is 68.6 Å². The second-order valence-electron chi connectivity index (χ2n) is 5.38. The Morgan fingerprint density at radius 2 is 1.81 bits per heavy atom. The Morgan fingerprint density at radius 3 is 2.43 bits per heavy atom. The van der Waals surface area contributed by atoms with Crippen LogP contribution in [0.2, 0.25) is 0 Å². The van der Waals surface area contributed by atoms with Gasteiger partial charge in [0.2, 0.25) is 5.91 Å². The number of carbonyl (C=O) groups excluding carboxylic acids is 1. The zero-order chi connectivity index (χ0) is 15.4. The quantitative estimate of drug-likeness (QED) is 0.903. The van der Waals surface area contributed by atoms with E-state index in [1.807, 2.05) is 51.1 Å². The first-order chi connectivity index (χ1) is 9.95. The fourth-order valence-corrected chi connectivity index (χ4v) is 2.24. The molecule has 4 nitrogen and oxygen atoms in total. The Labute approximate surface area is 124 Å². The fraction of sp³-hybridized carbons (Fsp3) is 0.294. The van der Waals surface area contributed by atoms with Gasteiger partial charge in [-0.25, -0.2) is 0 Å². The second-order valence-corrected chi connectivity index (χ2v) is 5.38. The Kier molecular flexibility index (Phi) is 4.58. The van der Waals surface area contributed by atoms with Gasteiger partial charge in [0.05, 0.1) is 6.42 Å². The molecule has 21 heavy (non-hydrogen) atoms. The lowest BCUT2D eigenvalue weighted by Gasteiger charge is -2.08. The zero-order valence-corrected chi connectivity index (χ0v) is 12.6. The summed E-state index contributed by atoms with van der Waals surface area (Å²) in [7, 11) is 0. The van der Waals surface area contributed by atoms with E-state index < -0.39 is 0 Å². The van der Waals surface area contributed by atoms with Crippen LogP contribution in [0, 0.1) is 20.8 Å². The SMILES string of the molecule is Cc1ccc(CC(=O)NCc2c(C)cc(C)[nH]c2=O)cc1. The highest BCUT2D eigenvalue weighted by atomic mass is 16.1. The second kappa shape index (κ2) is 6.39. The molecule has 2 rings (SSSR count). The van der Waals surface area contributed by atoms with Crippen molar-refractivity contribution in [1.82, 2.24) is 10.3 Å². The molecule has 0 unspecified atom stereocenters. The van der Waals surface area contributed by atoms with Crippen LogP contribution in [0.5, 0.6) is 0 Å². The largest absolute Gasteiger partial charge is 0.352 e. The molecule has 1 aromatic heterocycles. The smallest absolute Gasteiger partial charge is 0.253 e. The van der Waals surface area contributed by atoms with Crippen LogP contribution in [0.25, 0.3) is 0 Å². The van der Waals surface area contributed by atoms with Gasteiger partial charge < -0.3 is 10.3 Å². The van der Waals surface area contributed by atoms with E-state index in [4.69, 9.17) is 0 Å². The molecule has 1 amide bonds. The molecule has 0 spiro atoms. The van der Waals surface area contributed by atoms with Gasteiger partial charge in [-0.3, -0.25) is 9.59 Å². The third-order valence-corrected chi connectivity index (χ3v) is 3.44. The standard InChI is InChI=1S/C17H20N2O2/c1-11-4-6-14(7-5-11)9-16(20)18-10-15-12(2)8-13(3)19-17(15)21/h4-8H,9-10H2,1-3H3,(H,18,20)(H,19,21). The van der Waals surface area contributed by atoms with Crippen LogP contribution in [0.3, 0.4) is 0 Å². The van der Waals surface area contributed by atoms with Gasteiger partial charge >= 0.3 is 0 Å². The monoisotopic (exact) mass is 284 g/mol. The molecule has 0 atom stereocenters. The number of hydrogen-bond acceptors (Lipinski definition) is 2. The van der Waals surface area contributed by atoms with Gasteiger partial charge in [0.15, 0.2) is 0 Å². The maximum Gasteiger partial charge on any atom is 0.253 e. The first-order valence-electron chi connectivity index (χ1n) is 6.97. The summed E-state index contributed by atoms with van der Waals surface area (Å²) in [6.45, 7) is 5.99. The molecule has 0 aliphatic carbocycles. The summed E-state index contributed by atoms with van der Waals surface area (Å²) in [6, 6.07) is 9.76. The number of aryl methyl sites for hydroxylation is 3. The predicted octanol–water partition coefficient (Wildman–Crippen LogP) is 2.16. The summed E-state index contributed by atoms with van der Waals surface area (Å²) in [5.41, 5.74) is 4.33. The topological polar surface area (TPSA) is 62.0 Å². The van der Waals surface area contributed by atoms with Crippen molar-refractivity contribution in [2.45, 2.75) is 33.7 Å². The van der Waals surface area contributed by atoms with Gasteiger partial charge in [-0.2, -0.15) is 0 Å². The van der Waals surface area contributed by atoms with Gasteiger partial charge in [0, 0.05) is 17.8 Å². The van der Waals surface area contributed by atoms with Crippen LogP contribution in [-0.2, 0) is 17.8 Å². The number of carbonyl (C=O) groups is 1. The lowest BCUT2D eigenvalue weighted by atomic mass is 10.1. The number of amides is 1. The zero-order valence-electron chi connectivity index (χ0n) is 12.6. The van der Waals surface area contributed by atoms with Crippen molar-refractivity contribution in [2.75, 3.05) is 0 Å². The minimum atomic E-state index is -0.136. The molecule has 0 saturated carbocycles. The number of benzene rings is 1.